The SMILES string of the molecule is C=c1nccc(C(C)(C)C)/c1=C/C=C\C. The maximum Gasteiger partial charge on any atom is 0.0633 e. The highest BCUT2D eigenvalue weighted by Crippen LogP contribution is 2.16. The van der Waals surface area contributed by atoms with E-state index in [1.54, 1.807) is 0 Å². The second kappa shape index (κ2) is 4.43. The summed E-state index contributed by atoms with van der Waals surface area (Å²) in [4.78, 5) is 4.23. The van der Waals surface area contributed by atoms with Crippen LogP contribution in [0.15, 0.2) is 24.4 Å². The molecule has 0 aliphatic rings. The summed E-state index contributed by atoms with van der Waals surface area (Å²) in [6, 6.07) is 2.07. The monoisotopic (exact) mass is 201 g/mol. The van der Waals surface area contributed by atoms with Crippen molar-refractivity contribution in [3.63, 3.8) is 0 Å². The van der Waals surface area contributed by atoms with E-state index in [1.165, 1.54) is 5.56 Å². The van der Waals surface area contributed by atoms with E-state index >= 15 is 0 Å². The lowest BCUT2D eigenvalue weighted by Crippen LogP contribution is -2.35. The Kier molecular flexibility index (Phi) is 3.46. The standard InChI is InChI=1S/C14H19N/c1-6-7-8-12-11(2)15-10-9-13(12)14(3,4)5/h6-10H,2H2,1,3-5H3/b7-6-,12-8+. The molecular formula is C14H19N. The predicted molar refractivity (Wildman–Crippen MR) is 67.0 cm³/mol. The molecule has 0 saturated carbocycles. The summed E-state index contributed by atoms with van der Waals surface area (Å²) in [7, 11) is 0. The first kappa shape index (κ1) is 11.7. The van der Waals surface area contributed by atoms with Gasteiger partial charge in [-0.3, -0.25) is 4.98 Å². The summed E-state index contributed by atoms with van der Waals surface area (Å²) >= 11 is 0. The smallest absolute Gasteiger partial charge is 0.0633 e. The van der Waals surface area contributed by atoms with E-state index < -0.39 is 0 Å². The van der Waals surface area contributed by atoms with Crippen molar-refractivity contribution in [2.24, 2.45) is 0 Å². The van der Waals surface area contributed by atoms with Crippen molar-refractivity contribution in [1.29, 1.82) is 0 Å². The van der Waals surface area contributed by atoms with Crippen LogP contribution in [0.25, 0.3) is 12.7 Å². The van der Waals surface area contributed by atoms with E-state index in [9.17, 15) is 0 Å². The van der Waals surface area contributed by atoms with Crippen LogP contribution in [0.2, 0.25) is 0 Å². The summed E-state index contributed by atoms with van der Waals surface area (Å²) < 4.78 is 0. The van der Waals surface area contributed by atoms with Crippen LogP contribution in [0.3, 0.4) is 0 Å². The molecule has 0 unspecified atom stereocenters. The Balaban J connectivity index is 3.55. The molecule has 1 nitrogen and oxygen atoms in total. The summed E-state index contributed by atoms with van der Waals surface area (Å²) in [6.45, 7) is 12.6. The minimum atomic E-state index is 0.128. The fraction of sp³-hybridized carbons (Fsp3) is 0.357. The van der Waals surface area contributed by atoms with Gasteiger partial charge < -0.3 is 0 Å². The van der Waals surface area contributed by atoms with Gasteiger partial charge in [0.05, 0.1) is 5.35 Å². The van der Waals surface area contributed by atoms with Gasteiger partial charge in [0.25, 0.3) is 0 Å². The quantitative estimate of drug-likeness (QED) is 0.678. The number of hydrogen-bond acceptors (Lipinski definition) is 1. The van der Waals surface area contributed by atoms with E-state index in [-0.39, 0.29) is 5.41 Å². The van der Waals surface area contributed by atoms with Gasteiger partial charge in [-0.1, -0.05) is 45.6 Å². The minimum Gasteiger partial charge on any atom is -0.257 e. The predicted octanol–water partition coefficient (Wildman–Crippen LogP) is 2.15. The van der Waals surface area contributed by atoms with Crippen molar-refractivity contribution in [1.82, 2.24) is 4.98 Å². The van der Waals surface area contributed by atoms with Gasteiger partial charge in [-0.2, -0.15) is 0 Å². The number of rotatable bonds is 1. The fourth-order valence-electron chi connectivity index (χ4n) is 1.55. The summed E-state index contributed by atoms with van der Waals surface area (Å²) in [6.07, 6.45) is 7.95. The first-order chi connectivity index (χ1) is 6.96. The topological polar surface area (TPSA) is 12.9 Å². The number of allylic oxidation sites excluding steroid dienone is 2. The van der Waals surface area contributed by atoms with Gasteiger partial charge in [0, 0.05) is 11.4 Å². The number of hydrogen-bond donors (Lipinski definition) is 0. The molecule has 0 aromatic carbocycles. The van der Waals surface area contributed by atoms with Crippen LogP contribution in [-0.2, 0) is 5.41 Å². The molecule has 80 valence electrons. The molecule has 1 aromatic rings. The van der Waals surface area contributed by atoms with Crippen LogP contribution < -0.4 is 10.6 Å². The normalized spacial score (nSPS) is 13.7. The second-order valence-electron chi connectivity index (χ2n) is 4.66. The highest BCUT2D eigenvalue weighted by molar-refractivity contribution is 5.41. The molecule has 0 amide bonds. The van der Waals surface area contributed by atoms with Crippen LogP contribution >= 0.6 is 0 Å². The van der Waals surface area contributed by atoms with Gasteiger partial charge >= 0.3 is 0 Å². The van der Waals surface area contributed by atoms with Crippen molar-refractivity contribution in [2.75, 3.05) is 0 Å². The van der Waals surface area contributed by atoms with E-state index in [0.29, 0.717) is 0 Å². The van der Waals surface area contributed by atoms with Gasteiger partial charge in [0.2, 0.25) is 0 Å². The Morgan fingerprint density at radius 3 is 2.53 bits per heavy atom. The maximum absolute atomic E-state index is 4.23. The zero-order valence-electron chi connectivity index (χ0n) is 10.0. The van der Waals surface area contributed by atoms with E-state index in [4.69, 9.17) is 0 Å². The molecule has 1 heteroatoms. The molecule has 0 radical (unpaired) electrons. The van der Waals surface area contributed by atoms with Crippen LogP contribution in [-0.4, -0.2) is 4.98 Å². The lowest BCUT2D eigenvalue weighted by molar-refractivity contribution is 0.584. The van der Waals surface area contributed by atoms with Crippen molar-refractivity contribution in [3.05, 3.63) is 40.5 Å². The van der Waals surface area contributed by atoms with Gasteiger partial charge in [-0.05, 0) is 24.0 Å². The Labute approximate surface area is 91.9 Å². The third-order valence-corrected chi connectivity index (χ3v) is 2.34. The van der Waals surface area contributed by atoms with Gasteiger partial charge in [-0.25, -0.2) is 0 Å². The molecule has 0 atom stereocenters. The summed E-state index contributed by atoms with van der Waals surface area (Å²) in [5.74, 6) is 0. The Bertz CT molecular complexity index is 461. The van der Waals surface area contributed by atoms with Gasteiger partial charge in [0.15, 0.2) is 0 Å². The average Bonchev–Trinajstić information content (AvgIpc) is 2.14. The second-order valence-corrected chi connectivity index (χ2v) is 4.66. The Morgan fingerprint density at radius 2 is 2.00 bits per heavy atom. The molecule has 1 rings (SSSR count). The molecule has 0 aliphatic heterocycles. The van der Waals surface area contributed by atoms with Gasteiger partial charge in [-0.15, -0.1) is 0 Å². The number of nitrogens with zero attached hydrogens (tertiary/aromatic N) is 1. The molecule has 0 N–H and O–H groups in total. The zero-order chi connectivity index (χ0) is 11.5. The van der Waals surface area contributed by atoms with Crippen LogP contribution in [0, 0.1) is 0 Å². The molecule has 0 bridgehead atoms. The Hall–Kier alpha value is -1.37. The van der Waals surface area contributed by atoms with Crippen molar-refractivity contribution >= 4 is 12.7 Å². The molecule has 1 aromatic heterocycles. The summed E-state index contributed by atoms with van der Waals surface area (Å²) in [5.41, 5.74) is 1.42. The third-order valence-electron chi connectivity index (χ3n) is 2.34. The molecule has 1 heterocycles. The van der Waals surface area contributed by atoms with Crippen molar-refractivity contribution in [2.45, 2.75) is 33.1 Å². The Morgan fingerprint density at radius 1 is 1.33 bits per heavy atom. The highest BCUT2D eigenvalue weighted by Gasteiger charge is 2.14. The first-order valence-electron chi connectivity index (χ1n) is 5.24. The van der Waals surface area contributed by atoms with E-state index in [0.717, 1.165) is 10.6 Å². The average molecular weight is 201 g/mol. The maximum atomic E-state index is 4.23. The number of pyridine rings is 1. The number of aromatic nitrogens is 1. The molecule has 0 aliphatic carbocycles. The van der Waals surface area contributed by atoms with E-state index in [2.05, 4.69) is 44.5 Å². The minimum absolute atomic E-state index is 0.128. The van der Waals surface area contributed by atoms with Crippen LogP contribution in [0.5, 0.6) is 0 Å². The molecule has 0 fully saturated rings. The van der Waals surface area contributed by atoms with Crippen molar-refractivity contribution in [3.8, 4) is 0 Å². The zero-order valence-corrected chi connectivity index (χ0v) is 10.0. The third kappa shape index (κ3) is 2.79. The molecule has 0 saturated heterocycles. The molecule has 0 spiro atoms. The summed E-state index contributed by atoms with van der Waals surface area (Å²) in [5, 5.41) is 1.99. The van der Waals surface area contributed by atoms with Crippen LogP contribution in [0.4, 0.5) is 0 Å². The van der Waals surface area contributed by atoms with Crippen LogP contribution in [0.1, 0.15) is 33.3 Å². The first-order valence-corrected chi connectivity index (χ1v) is 5.24. The largest absolute Gasteiger partial charge is 0.257 e. The molecular weight excluding hydrogens is 182 g/mol. The molecule has 15 heavy (non-hydrogen) atoms. The van der Waals surface area contributed by atoms with Gasteiger partial charge in [0.1, 0.15) is 0 Å². The lowest BCUT2D eigenvalue weighted by atomic mass is 9.86. The highest BCUT2D eigenvalue weighted by atomic mass is 14.6. The van der Waals surface area contributed by atoms with E-state index in [1.807, 2.05) is 25.3 Å². The fourth-order valence-corrected chi connectivity index (χ4v) is 1.55. The lowest BCUT2D eigenvalue weighted by Gasteiger charge is -2.19. The van der Waals surface area contributed by atoms with Crippen molar-refractivity contribution < 1.29 is 0 Å².